The topological polar surface area (TPSA) is 52.6 Å². The molecule has 0 aliphatic rings. The summed E-state index contributed by atoms with van der Waals surface area (Å²) in [6.07, 6.45) is 2.59. The molecule has 0 radical (unpaired) electrons. The lowest BCUT2D eigenvalue weighted by Crippen LogP contribution is -2.40. The standard InChI is InChI=1S/C16H26N2O2/c1-3-11-17-15(16(19)20)10-13-18(2)12-9-14-7-5-4-6-8-14/h4-8,15,17H,3,9-13H2,1-2H3,(H,19,20). The van der Waals surface area contributed by atoms with Crippen molar-refractivity contribution in [1.82, 2.24) is 10.2 Å². The minimum Gasteiger partial charge on any atom is -0.480 e. The summed E-state index contributed by atoms with van der Waals surface area (Å²) in [4.78, 5) is 13.3. The number of likely N-dealkylation sites (N-methyl/N-ethyl adjacent to an activating group) is 1. The summed E-state index contributed by atoms with van der Waals surface area (Å²) in [5.41, 5.74) is 1.32. The molecular weight excluding hydrogens is 252 g/mol. The van der Waals surface area contributed by atoms with Crippen LogP contribution < -0.4 is 5.32 Å². The second-order valence-corrected chi connectivity index (χ2v) is 5.17. The van der Waals surface area contributed by atoms with Gasteiger partial charge in [-0.3, -0.25) is 4.79 Å². The van der Waals surface area contributed by atoms with Gasteiger partial charge in [0, 0.05) is 6.54 Å². The summed E-state index contributed by atoms with van der Waals surface area (Å²) in [5, 5.41) is 12.2. The van der Waals surface area contributed by atoms with Crippen LogP contribution in [-0.2, 0) is 11.2 Å². The van der Waals surface area contributed by atoms with Gasteiger partial charge in [-0.05, 0) is 45.0 Å². The van der Waals surface area contributed by atoms with Gasteiger partial charge in [0.25, 0.3) is 0 Å². The van der Waals surface area contributed by atoms with E-state index in [0.29, 0.717) is 6.42 Å². The van der Waals surface area contributed by atoms with Crippen molar-refractivity contribution >= 4 is 5.97 Å². The summed E-state index contributed by atoms with van der Waals surface area (Å²) in [5.74, 6) is -0.755. The Kier molecular flexibility index (Phi) is 7.92. The number of hydrogen-bond acceptors (Lipinski definition) is 3. The summed E-state index contributed by atoms with van der Waals surface area (Å²) in [6.45, 7) is 4.53. The van der Waals surface area contributed by atoms with Crippen molar-refractivity contribution in [2.75, 3.05) is 26.7 Å². The van der Waals surface area contributed by atoms with Crippen molar-refractivity contribution in [3.8, 4) is 0 Å². The molecule has 0 spiro atoms. The van der Waals surface area contributed by atoms with E-state index in [2.05, 4.69) is 22.3 Å². The van der Waals surface area contributed by atoms with Crippen LogP contribution in [0.3, 0.4) is 0 Å². The van der Waals surface area contributed by atoms with Gasteiger partial charge in [-0.25, -0.2) is 0 Å². The Hall–Kier alpha value is -1.39. The van der Waals surface area contributed by atoms with Gasteiger partial charge in [-0.2, -0.15) is 0 Å². The van der Waals surface area contributed by atoms with E-state index in [9.17, 15) is 4.79 Å². The number of carboxylic acids is 1. The van der Waals surface area contributed by atoms with E-state index in [4.69, 9.17) is 5.11 Å². The number of aliphatic carboxylic acids is 1. The minimum atomic E-state index is -0.755. The van der Waals surface area contributed by atoms with E-state index in [0.717, 1.165) is 32.5 Å². The summed E-state index contributed by atoms with van der Waals surface area (Å²) < 4.78 is 0. The van der Waals surface area contributed by atoms with Gasteiger partial charge in [0.1, 0.15) is 6.04 Å². The lowest BCUT2D eigenvalue weighted by atomic mass is 10.1. The molecule has 112 valence electrons. The highest BCUT2D eigenvalue weighted by Gasteiger charge is 2.16. The molecule has 0 fully saturated rings. The molecule has 1 rings (SSSR count). The van der Waals surface area contributed by atoms with Crippen molar-refractivity contribution in [2.45, 2.75) is 32.2 Å². The Labute approximate surface area is 121 Å². The molecule has 0 saturated heterocycles. The van der Waals surface area contributed by atoms with Gasteiger partial charge in [-0.15, -0.1) is 0 Å². The molecule has 1 aromatic rings. The number of carbonyl (C=O) groups is 1. The molecule has 0 amide bonds. The van der Waals surface area contributed by atoms with E-state index < -0.39 is 12.0 Å². The first-order chi connectivity index (χ1) is 9.63. The molecule has 0 heterocycles. The molecule has 1 aromatic carbocycles. The molecule has 1 unspecified atom stereocenters. The van der Waals surface area contributed by atoms with Crippen LogP contribution in [0.4, 0.5) is 0 Å². The van der Waals surface area contributed by atoms with Gasteiger partial charge in [0.05, 0.1) is 0 Å². The third-order valence-corrected chi connectivity index (χ3v) is 3.36. The molecule has 0 aliphatic heterocycles. The molecule has 0 saturated carbocycles. The van der Waals surface area contributed by atoms with Crippen LogP contribution in [0.1, 0.15) is 25.3 Å². The Morgan fingerprint density at radius 3 is 2.60 bits per heavy atom. The number of nitrogens with one attached hydrogen (secondary N) is 1. The monoisotopic (exact) mass is 278 g/mol. The number of rotatable bonds is 10. The van der Waals surface area contributed by atoms with Crippen molar-refractivity contribution in [1.29, 1.82) is 0 Å². The van der Waals surface area contributed by atoms with Crippen LogP contribution in [0.15, 0.2) is 30.3 Å². The number of nitrogens with zero attached hydrogens (tertiary/aromatic N) is 1. The van der Waals surface area contributed by atoms with Gasteiger partial charge >= 0.3 is 5.97 Å². The van der Waals surface area contributed by atoms with E-state index in [1.165, 1.54) is 5.56 Å². The highest BCUT2D eigenvalue weighted by Crippen LogP contribution is 2.02. The average Bonchev–Trinajstić information content (AvgIpc) is 2.46. The van der Waals surface area contributed by atoms with Gasteiger partial charge < -0.3 is 15.3 Å². The fourth-order valence-corrected chi connectivity index (χ4v) is 2.06. The third kappa shape index (κ3) is 6.68. The van der Waals surface area contributed by atoms with Crippen molar-refractivity contribution < 1.29 is 9.90 Å². The molecule has 20 heavy (non-hydrogen) atoms. The quantitative estimate of drug-likeness (QED) is 0.687. The summed E-state index contributed by atoms with van der Waals surface area (Å²) >= 11 is 0. The molecule has 2 N–H and O–H groups in total. The van der Waals surface area contributed by atoms with Crippen LogP contribution in [0.2, 0.25) is 0 Å². The second kappa shape index (κ2) is 9.50. The Balaban J connectivity index is 2.27. The molecule has 0 aliphatic carbocycles. The zero-order chi connectivity index (χ0) is 14.8. The van der Waals surface area contributed by atoms with Crippen molar-refractivity contribution in [2.24, 2.45) is 0 Å². The second-order valence-electron chi connectivity index (χ2n) is 5.17. The summed E-state index contributed by atoms with van der Waals surface area (Å²) in [7, 11) is 2.04. The number of hydrogen-bond donors (Lipinski definition) is 2. The maximum Gasteiger partial charge on any atom is 0.320 e. The fourth-order valence-electron chi connectivity index (χ4n) is 2.06. The predicted octanol–water partition coefficient (Wildman–Crippen LogP) is 2.00. The maximum atomic E-state index is 11.1. The molecular formula is C16H26N2O2. The molecule has 0 aromatic heterocycles. The van der Waals surface area contributed by atoms with Crippen molar-refractivity contribution in [3.05, 3.63) is 35.9 Å². The van der Waals surface area contributed by atoms with Crippen LogP contribution in [0.5, 0.6) is 0 Å². The van der Waals surface area contributed by atoms with Gasteiger partial charge in [0.15, 0.2) is 0 Å². The van der Waals surface area contributed by atoms with Gasteiger partial charge in [0.2, 0.25) is 0 Å². The molecule has 4 nitrogen and oxygen atoms in total. The Bertz CT molecular complexity index is 381. The maximum absolute atomic E-state index is 11.1. The van der Waals surface area contributed by atoms with Crippen LogP contribution in [0.25, 0.3) is 0 Å². The first kappa shape index (κ1) is 16.7. The fraction of sp³-hybridized carbons (Fsp3) is 0.562. The first-order valence-electron chi connectivity index (χ1n) is 7.32. The Morgan fingerprint density at radius 1 is 1.30 bits per heavy atom. The largest absolute Gasteiger partial charge is 0.480 e. The van der Waals surface area contributed by atoms with Crippen molar-refractivity contribution in [3.63, 3.8) is 0 Å². The zero-order valence-corrected chi connectivity index (χ0v) is 12.5. The first-order valence-corrected chi connectivity index (χ1v) is 7.32. The minimum absolute atomic E-state index is 0.436. The summed E-state index contributed by atoms with van der Waals surface area (Å²) in [6, 6.07) is 9.92. The highest BCUT2D eigenvalue weighted by atomic mass is 16.4. The van der Waals surface area contributed by atoms with E-state index in [-0.39, 0.29) is 0 Å². The average molecular weight is 278 g/mol. The molecule has 0 bridgehead atoms. The number of carboxylic acid groups (broad SMARTS) is 1. The molecule has 1 atom stereocenters. The normalized spacial score (nSPS) is 12.6. The van der Waals surface area contributed by atoms with Crippen LogP contribution in [-0.4, -0.2) is 48.7 Å². The molecule has 4 heteroatoms. The third-order valence-electron chi connectivity index (χ3n) is 3.36. The smallest absolute Gasteiger partial charge is 0.320 e. The predicted molar refractivity (Wildman–Crippen MR) is 82.0 cm³/mol. The highest BCUT2D eigenvalue weighted by molar-refractivity contribution is 5.73. The zero-order valence-electron chi connectivity index (χ0n) is 12.5. The van der Waals surface area contributed by atoms with E-state index in [1.807, 2.05) is 32.2 Å². The van der Waals surface area contributed by atoms with E-state index in [1.54, 1.807) is 0 Å². The lowest BCUT2D eigenvalue weighted by Gasteiger charge is -2.20. The number of benzene rings is 1. The van der Waals surface area contributed by atoms with Gasteiger partial charge in [-0.1, -0.05) is 37.3 Å². The SMILES string of the molecule is CCCNC(CCN(C)CCc1ccccc1)C(=O)O. The Morgan fingerprint density at radius 2 is 2.00 bits per heavy atom. The van der Waals surface area contributed by atoms with E-state index >= 15 is 0 Å². The van der Waals surface area contributed by atoms with Crippen LogP contribution in [0, 0.1) is 0 Å². The van der Waals surface area contributed by atoms with Crippen LogP contribution >= 0.6 is 0 Å². The lowest BCUT2D eigenvalue weighted by molar-refractivity contribution is -0.139.